The molecule has 1 saturated heterocycles. The van der Waals surface area contributed by atoms with Gasteiger partial charge < -0.3 is 9.80 Å². The monoisotopic (exact) mass is 382 g/mol. The van der Waals surface area contributed by atoms with Crippen molar-refractivity contribution in [1.82, 2.24) is 4.90 Å². The largest absolute Gasteiger partial charge is 0.369 e. The van der Waals surface area contributed by atoms with Gasteiger partial charge in [-0.2, -0.15) is 0 Å². The maximum absolute atomic E-state index is 13.9. The molecule has 0 unspecified atom stereocenters. The van der Waals surface area contributed by atoms with E-state index in [1.165, 1.54) is 6.08 Å². The minimum absolute atomic E-state index is 0.0905. The Bertz CT molecular complexity index is 930. The number of hydrogen-bond donors (Lipinski definition) is 0. The number of halogens is 2. The Morgan fingerprint density at radius 2 is 1.79 bits per heavy atom. The number of fused-ring (bicyclic) bond motifs is 1. The molecule has 1 aliphatic heterocycles. The molecule has 1 fully saturated rings. The summed E-state index contributed by atoms with van der Waals surface area (Å²) in [4.78, 5) is 17.7. The van der Waals surface area contributed by atoms with Gasteiger partial charge >= 0.3 is 0 Å². The maximum Gasteiger partial charge on any atom is 0.189 e. The van der Waals surface area contributed by atoms with Crippen molar-refractivity contribution in [2.45, 2.75) is 19.8 Å². The molecule has 0 N–H and O–H groups in total. The Hall–Kier alpha value is -2.53. The highest BCUT2D eigenvalue weighted by Crippen LogP contribution is 2.30. The number of ketones is 1. The van der Waals surface area contributed by atoms with Crippen molar-refractivity contribution in [3.05, 3.63) is 70.3 Å². The first-order valence-corrected chi connectivity index (χ1v) is 9.85. The molecule has 1 aliphatic carbocycles. The van der Waals surface area contributed by atoms with E-state index in [0.717, 1.165) is 68.6 Å². The van der Waals surface area contributed by atoms with Crippen LogP contribution in [0.5, 0.6) is 0 Å². The summed E-state index contributed by atoms with van der Waals surface area (Å²) in [6, 6.07) is 9.31. The van der Waals surface area contributed by atoms with Gasteiger partial charge in [0, 0.05) is 48.6 Å². The van der Waals surface area contributed by atoms with Crippen molar-refractivity contribution in [1.29, 1.82) is 0 Å². The first kappa shape index (κ1) is 18.8. The standard InChI is InChI=1S/C23H24F2N2O/c1-2-26-9-11-27(12-10-26)20-6-7-21-16(15-20)3-4-17(23(21)28)13-18-14-19(24)5-8-22(18)25/h5-8,13-15H,2-4,9-12H2,1H3/b17-13+. The summed E-state index contributed by atoms with van der Waals surface area (Å²) in [5.74, 6) is -1.12. The molecule has 2 aromatic rings. The van der Waals surface area contributed by atoms with Crippen molar-refractivity contribution in [2.24, 2.45) is 0 Å². The van der Waals surface area contributed by atoms with E-state index in [1.54, 1.807) is 0 Å². The molecule has 0 radical (unpaired) electrons. The van der Waals surface area contributed by atoms with Gasteiger partial charge in [0.15, 0.2) is 5.78 Å². The van der Waals surface area contributed by atoms with Crippen LogP contribution in [-0.2, 0) is 6.42 Å². The Kier molecular flexibility index (Phi) is 5.27. The Morgan fingerprint density at radius 3 is 2.54 bits per heavy atom. The summed E-state index contributed by atoms with van der Waals surface area (Å²) < 4.78 is 27.3. The molecule has 0 amide bonds. The molecule has 4 rings (SSSR count). The van der Waals surface area contributed by atoms with Gasteiger partial charge in [-0.1, -0.05) is 6.92 Å². The van der Waals surface area contributed by atoms with E-state index in [9.17, 15) is 13.6 Å². The Labute approximate surface area is 164 Å². The van der Waals surface area contributed by atoms with Gasteiger partial charge in [-0.25, -0.2) is 8.78 Å². The van der Waals surface area contributed by atoms with Crippen LogP contribution in [0.1, 0.15) is 34.8 Å². The lowest BCUT2D eigenvalue weighted by atomic mass is 9.85. The van der Waals surface area contributed by atoms with Gasteiger partial charge in [0.05, 0.1) is 0 Å². The number of likely N-dealkylation sites (N-methyl/N-ethyl adjacent to an activating group) is 1. The van der Waals surface area contributed by atoms with E-state index in [-0.39, 0.29) is 11.3 Å². The molecule has 3 nitrogen and oxygen atoms in total. The highest BCUT2D eigenvalue weighted by atomic mass is 19.1. The van der Waals surface area contributed by atoms with E-state index in [0.29, 0.717) is 17.6 Å². The molecular weight excluding hydrogens is 358 g/mol. The van der Waals surface area contributed by atoms with Crippen molar-refractivity contribution in [3.63, 3.8) is 0 Å². The summed E-state index contributed by atoms with van der Waals surface area (Å²) in [7, 11) is 0. The number of piperazine rings is 1. The van der Waals surface area contributed by atoms with Crippen LogP contribution in [0.2, 0.25) is 0 Å². The highest BCUT2D eigenvalue weighted by Gasteiger charge is 2.24. The van der Waals surface area contributed by atoms with Gasteiger partial charge in [0.2, 0.25) is 0 Å². The number of anilines is 1. The van der Waals surface area contributed by atoms with Gasteiger partial charge in [0.25, 0.3) is 0 Å². The first-order valence-electron chi connectivity index (χ1n) is 9.85. The fourth-order valence-corrected chi connectivity index (χ4v) is 4.03. The molecule has 0 saturated carbocycles. The minimum Gasteiger partial charge on any atom is -0.369 e. The molecule has 2 aromatic carbocycles. The van der Waals surface area contributed by atoms with Crippen LogP contribution in [0.15, 0.2) is 42.0 Å². The summed E-state index contributed by atoms with van der Waals surface area (Å²) >= 11 is 0. The van der Waals surface area contributed by atoms with E-state index in [4.69, 9.17) is 0 Å². The number of rotatable bonds is 3. The van der Waals surface area contributed by atoms with Crippen LogP contribution in [0.4, 0.5) is 14.5 Å². The second-order valence-electron chi connectivity index (χ2n) is 7.43. The zero-order chi connectivity index (χ0) is 19.7. The normalized spacial score (nSPS) is 19.2. The Balaban J connectivity index is 1.56. The smallest absolute Gasteiger partial charge is 0.189 e. The van der Waals surface area contributed by atoms with Gasteiger partial charge in [-0.3, -0.25) is 4.79 Å². The lowest BCUT2D eigenvalue weighted by Crippen LogP contribution is -2.46. The third-order valence-corrected chi connectivity index (χ3v) is 5.76. The van der Waals surface area contributed by atoms with Gasteiger partial charge in [-0.15, -0.1) is 0 Å². The summed E-state index contributed by atoms with van der Waals surface area (Å²) in [5, 5.41) is 0. The number of benzene rings is 2. The zero-order valence-corrected chi connectivity index (χ0v) is 16.0. The second-order valence-corrected chi connectivity index (χ2v) is 7.43. The summed E-state index contributed by atoms with van der Waals surface area (Å²) in [6.45, 7) is 7.35. The second kappa shape index (κ2) is 7.84. The van der Waals surface area contributed by atoms with Crippen molar-refractivity contribution in [3.8, 4) is 0 Å². The lowest BCUT2D eigenvalue weighted by molar-refractivity contribution is 0.102. The van der Waals surface area contributed by atoms with Crippen LogP contribution in [0, 0.1) is 11.6 Å². The van der Waals surface area contributed by atoms with E-state index in [1.807, 2.05) is 12.1 Å². The fourth-order valence-electron chi connectivity index (χ4n) is 4.03. The zero-order valence-electron chi connectivity index (χ0n) is 16.0. The summed E-state index contributed by atoms with van der Waals surface area (Å²) in [6.07, 6.45) is 2.75. The van der Waals surface area contributed by atoms with E-state index in [2.05, 4.69) is 22.8 Å². The number of Topliss-reactive ketones (excluding diaryl/α,β-unsaturated/α-hetero) is 1. The van der Waals surface area contributed by atoms with Crippen molar-refractivity contribution < 1.29 is 13.6 Å². The van der Waals surface area contributed by atoms with Crippen LogP contribution in [0.3, 0.4) is 0 Å². The first-order chi connectivity index (χ1) is 13.5. The van der Waals surface area contributed by atoms with Crippen LogP contribution >= 0.6 is 0 Å². The molecule has 5 heteroatoms. The molecule has 0 atom stereocenters. The van der Waals surface area contributed by atoms with Crippen molar-refractivity contribution >= 4 is 17.5 Å². The summed E-state index contributed by atoms with van der Waals surface area (Å²) in [5.41, 5.74) is 3.52. The maximum atomic E-state index is 13.9. The molecule has 1 heterocycles. The number of nitrogens with zero attached hydrogens (tertiary/aromatic N) is 2. The average molecular weight is 382 g/mol. The molecule has 0 bridgehead atoms. The molecule has 0 spiro atoms. The predicted molar refractivity (Wildman–Crippen MR) is 108 cm³/mol. The lowest BCUT2D eigenvalue weighted by Gasteiger charge is -2.36. The SMILES string of the molecule is CCN1CCN(c2ccc3c(c2)CC/C(=C\c2cc(F)ccc2F)C3=O)CC1. The fraction of sp³-hybridized carbons (Fsp3) is 0.348. The highest BCUT2D eigenvalue weighted by molar-refractivity contribution is 6.13. The molecule has 28 heavy (non-hydrogen) atoms. The molecule has 2 aliphatic rings. The van der Waals surface area contributed by atoms with E-state index >= 15 is 0 Å². The number of carbonyl (C=O) groups excluding carboxylic acids is 1. The predicted octanol–water partition coefficient (Wildman–Crippen LogP) is 4.32. The van der Waals surface area contributed by atoms with Crippen LogP contribution in [-0.4, -0.2) is 43.4 Å². The van der Waals surface area contributed by atoms with Gasteiger partial charge in [-0.05, 0) is 67.4 Å². The number of aryl methyl sites for hydroxylation is 1. The average Bonchev–Trinajstić information content (AvgIpc) is 2.72. The third kappa shape index (κ3) is 3.72. The quantitative estimate of drug-likeness (QED) is 0.739. The number of hydrogen-bond acceptors (Lipinski definition) is 3. The van der Waals surface area contributed by atoms with Crippen LogP contribution in [0.25, 0.3) is 6.08 Å². The van der Waals surface area contributed by atoms with E-state index < -0.39 is 11.6 Å². The molecular formula is C23H24F2N2O. The van der Waals surface area contributed by atoms with Crippen LogP contribution < -0.4 is 4.90 Å². The topological polar surface area (TPSA) is 23.6 Å². The molecule has 146 valence electrons. The third-order valence-electron chi connectivity index (χ3n) is 5.76. The van der Waals surface area contributed by atoms with Gasteiger partial charge in [0.1, 0.15) is 11.6 Å². The minimum atomic E-state index is -0.519. The van der Waals surface area contributed by atoms with Crippen molar-refractivity contribution in [2.75, 3.05) is 37.6 Å². The number of allylic oxidation sites excluding steroid dienone is 1. The molecule has 0 aromatic heterocycles. The number of carbonyl (C=O) groups is 1. The Morgan fingerprint density at radius 1 is 1.00 bits per heavy atom.